The minimum atomic E-state index is -3.68. The fourth-order valence-corrected chi connectivity index (χ4v) is 3.16. The molecule has 122 valence electrons. The molecule has 0 heterocycles. The Morgan fingerprint density at radius 1 is 1.00 bits per heavy atom. The van der Waals surface area contributed by atoms with Crippen LogP contribution in [0.3, 0.4) is 0 Å². The third-order valence-electron chi connectivity index (χ3n) is 3.13. The molecule has 0 aliphatic carbocycles. The second-order valence-corrected chi connectivity index (χ2v) is 7.55. The Morgan fingerprint density at radius 2 is 1.65 bits per heavy atom. The Bertz CT molecular complexity index is 747. The Balaban J connectivity index is 1.78. The summed E-state index contributed by atoms with van der Waals surface area (Å²) in [6.45, 7) is 0.177. The number of nitrogens with one attached hydrogen (secondary N) is 2. The molecule has 0 bridgehead atoms. The van der Waals surface area contributed by atoms with Crippen molar-refractivity contribution in [1.82, 2.24) is 10.0 Å². The monoisotopic (exact) mass is 396 g/mol. The molecule has 23 heavy (non-hydrogen) atoms. The van der Waals surface area contributed by atoms with E-state index in [-0.39, 0.29) is 17.3 Å². The van der Waals surface area contributed by atoms with Gasteiger partial charge in [0.05, 0.1) is 11.4 Å². The molecule has 2 rings (SSSR count). The zero-order valence-corrected chi connectivity index (χ0v) is 14.7. The van der Waals surface area contributed by atoms with Crippen molar-refractivity contribution < 1.29 is 13.2 Å². The van der Waals surface area contributed by atoms with Crippen LogP contribution in [-0.2, 0) is 21.2 Å². The van der Waals surface area contributed by atoms with Crippen LogP contribution in [0.1, 0.15) is 5.56 Å². The van der Waals surface area contributed by atoms with Gasteiger partial charge in [-0.2, -0.15) is 0 Å². The maximum atomic E-state index is 12.0. The normalized spacial score (nSPS) is 11.2. The summed E-state index contributed by atoms with van der Waals surface area (Å²) in [5.74, 6) is -0.360. The molecule has 0 saturated heterocycles. The second kappa shape index (κ2) is 8.24. The first-order valence-electron chi connectivity index (χ1n) is 7.03. The van der Waals surface area contributed by atoms with E-state index in [2.05, 4.69) is 26.0 Å². The summed E-state index contributed by atoms with van der Waals surface area (Å²) in [6.07, 6.45) is 0.700. The average Bonchev–Trinajstić information content (AvgIpc) is 2.54. The maximum absolute atomic E-state index is 12.0. The molecule has 2 N–H and O–H groups in total. The summed E-state index contributed by atoms with van der Waals surface area (Å²) in [6, 6.07) is 16.0. The summed E-state index contributed by atoms with van der Waals surface area (Å²) >= 11 is 3.24. The Kier molecular flexibility index (Phi) is 6.32. The molecule has 0 fully saturated rings. The van der Waals surface area contributed by atoms with E-state index >= 15 is 0 Å². The lowest BCUT2D eigenvalue weighted by Gasteiger charge is -2.08. The largest absolute Gasteiger partial charge is 0.355 e. The average molecular weight is 397 g/mol. The summed E-state index contributed by atoms with van der Waals surface area (Å²) in [5, 5.41) is 2.69. The summed E-state index contributed by atoms with van der Waals surface area (Å²) < 4.78 is 27.1. The highest BCUT2D eigenvalue weighted by Crippen LogP contribution is 2.14. The van der Waals surface area contributed by atoms with Gasteiger partial charge in [0.25, 0.3) is 0 Å². The van der Waals surface area contributed by atoms with E-state index in [1.54, 1.807) is 12.1 Å². The lowest BCUT2D eigenvalue weighted by atomic mass is 10.1. The molecular weight excluding hydrogens is 380 g/mol. The van der Waals surface area contributed by atoms with Gasteiger partial charge in [0.15, 0.2) is 0 Å². The van der Waals surface area contributed by atoms with E-state index in [4.69, 9.17) is 0 Å². The smallest absolute Gasteiger partial charge is 0.241 e. The van der Waals surface area contributed by atoms with Crippen LogP contribution in [0.15, 0.2) is 64.0 Å². The summed E-state index contributed by atoms with van der Waals surface area (Å²) in [7, 11) is -3.68. The van der Waals surface area contributed by atoms with Gasteiger partial charge in [0.2, 0.25) is 15.9 Å². The van der Waals surface area contributed by atoms with E-state index in [1.807, 2.05) is 30.3 Å². The van der Waals surface area contributed by atoms with Gasteiger partial charge >= 0.3 is 0 Å². The van der Waals surface area contributed by atoms with E-state index in [9.17, 15) is 13.2 Å². The quantitative estimate of drug-likeness (QED) is 0.752. The van der Waals surface area contributed by atoms with Crippen LogP contribution in [0.4, 0.5) is 0 Å². The Morgan fingerprint density at radius 3 is 2.30 bits per heavy atom. The number of rotatable bonds is 7. The summed E-state index contributed by atoms with van der Waals surface area (Å²) in [4.78, 5) is 11.8. The number of sulfonamides is 1. The maximum Gasteiger partial charge on any atom is 0.241 e. The molecule has 0 aromatic heterocycles. The lowest BCUT2D eigenvalue weighted by Crippen LogP contribution is -2.37. The molecule has 7 heteroatoms. The highest BCUT2D eigenvalue weighted by molar-refractivity contribution is 9.10. The molecular formula is C16H17BrN2O3S. The topological polar surface area (TPSA) is 75.3 Å². The molecule has 0 aliphatic heterocycles. The van der Waals surface area contributed by atoms with Crippen molar-refractivity contribution in [1.29, 1.82) is 0 Å². The van der Waals surface area contributed by atoms with Crippen molar-refractivity contribution in [3.05, 3.63) is 64.6 Å². The highest BCUT2D eigenvalue weighted by atomic mass is 79.9. The van der Waals surface area contributed by atoms with Crippen LogP contribution in [0, 0.1) is 0 Å². The van der Waals surface area contributed by atoms with Crippen LogP contribution >= 0.6 is 15.9 Å². The minimum absolute atomic E-state index is 0.123. The van der Waals surface area contributed by atoms with Crippen LogP contribution in [0.2, 0.25) is 0 Å². The number of benzene rings is 2. The van der Waals surface area contributed by atoms with Crippen molar-refractivity contribution in [2.24, 2.45) is 0 Å². The number of carbonyl (C=O) groups excluding carboxylic acids is 1. The van der Waals surface area contributed by atoms with E-state index in [0.29, 0.717) is 13.0 Å². The van der Waals surface area contributed by atoms with Crippen LogP contribution in [0.25, 0.3) is 0 Å². The van der Waals surface area contributed by atoms with Gasteiger partial charge in [-0.05, 0) is 36.2 Å². The zero-order valence-electron chi connectivity index (χ0n) is 12.3. The van der Waals surface area contributed by atoms with E-state index in [1.165, 1.54) is 12.1 Å². The minimum Gasteiger partial charge on any atom is -0.355 e. The highest BCUT2D eigenvalue weighted by Gasteiger charge is 2.15. The fraction of sp³-hybridized carbons (Fsp3) is 0.188. The molecule has 2 aromatic carbocycles. The van der Waals surface area contributed by atoms with Gasteiger partial charge < -0.3 is 5.32 Å². The number of hydrogen-bond acceptors (Lipinski definition) is 3. The third-order valence-corrected chi connectivity index (χ3v) is 5.07. The first kappa shape index (κ1) is 17.7. The van der Waals surface area contributed by atoms with Gasteiger partial charge in [-0.1, -0.05) is 46.3 Å². The molecule has 1 amide bonds. The Hall–Kier alpha value is -1.70. The number of amides is 1. The van der Waals surface area contributed by atoms with Gasteiger partial charge in [0, 0.05) is 11.0 Å². The van der Waals surface area contributed by atoms with E-state index < -0.39 is 10.0 Å². The number of halogens is 1. The van der Waals surface area contributed by atoms with Crippen LogP contribution < -0.4 is 10.0 Å². The molecule has 0 saturated carbocycles. The van der Waals surface area contributed by atoms with Crippen molar-refractivity contribution in [2.45, 2.75) is 11.3 Å². The van der Waals surface area contributed by atoms with Crippen LogP contribution in [0.5, 0.6) is 0 Å². The van der Waals surface area contributed by atoms with Crippen molar-refractivity contribution >= 4 is 31.9 Å². The SMILES string of the molecule is O=C(CNS(=O)(=O)c1ccc(Br)cc1)NCCc1ccccc1. The number of carbonyl (C=O) groups is 1. The molecule has 0 aliphatic rings. The molecule has 0 unspecified atom stereocenters. The molecule has 0 atom stereocenters. The van der Waals surface area contributed by atoms with Crippen molar-refractivity contribution in [3.8, 4) is 0 Å². The lowest BCUT2D eigenvalue weighted by molar-refractivity contribution is -0.119. The van der Waals surface area contributed by atoms with Gasteiger partial charge in [0.1, 0.15) is 0 Å². The molecule has 0 spiro atoms. The van der Waals surface area contributed by atoms with E-state index in [0.717, 1.165) is 10.0 Å². The number of hydrogen-bond donors (Lipinski definition) is 2. The predicted molar refractivity (Wildman–Crippen MR) is 92.5 cm³/mol. The molecule has 2 aromatic rings. The first-order valence-corrected chi connectivity index (χ1v) is 9.31. The molecule has 5 nitrogen and oxygen atoms in total. The van der Waals surface area contributed by atoms with Crippen molar-refractivity contribution in [3.63, 3.8) is 0 Å². The first-order chi connectivity index (χ1) is 11.0. The second-order valence-electron chi connectivity index (χ2n) is 4.86. The standard InChI is InChI=1S/C16H17BrN2O3S/c17-14-6-8-15(9-7-14)23(21,22)19-12-16(20)18-11-10-13-4-2-1-3-5-13/h1-9,19H,10-12H2,(H,18,20). The van der Waals surface area contributed by atoms with Gasteiger partial charge in [-0.25, -0.2) is 13.1 Å². The van der Waals surface area contributed by atoms with Crippen LogP contribution in [-0.4, -0.2) is 27.4 Å². The molecule has 0 radical (unpaired) electrons. The zero-order chi connectivity index (χ0) is 16.7. The fourth-order valence-electron chi connectivity index (χ4n) is 1.91. The Labute approximate surface area is 144 Å². The summed E-state index contributed by atoms with van der Waals surface area (Å²) in [5.41, 5.74) is 1.11. The third kappa shape index (κ3) is 5.78. The predicted octanol–water partition coefficient (Wildman–Crippen LogP) is 2.09. The van der Waals surface area contributed by atoms with Gasteiger partial charge in [-0.3, -0.25) is 4.79 Å². The van der Waals surface area contributed by atoms with Crippen molar-refractivity contribution in [2.75, 3.05) is 13.1 Å². The van der Waals surface area contributed by atoms with Gasteiger partial charge in [-0.15, -0.1) is 0 Å².